The van der Waals surface area contributed by atoms with E-state index in [4.69, 9.17) is 0 Å². The zero-order valence-corrected chi connectivity index (χ0v) is 18.9. The Morgan fingerprint density at radius 2 is 1.55 bits per heavy atom. The molecule has 0 aliphatic heterocycles. The molecular formula is C30H33F. The van der Waals surface area contributed by atoms with Gasteiger partial charge in [0.15, 0.2) is 0 Å². The van der Waals surface area contributed by atoms with E-state index in [0.29, 0.717) is 5.39 Å². The summed E-state index contributed by atoms with van der Waals surface area (Å²) in [6.45, 7) is 4.24. The topological polar surface area (TPSA) is 0 Å². The van der Waals surface area contributed by atoms with E-state index in [-0.39, 0.29) is 5.82 Å². The Labute approximate surface area is 187 Å². The first-order valence-corrected chi connectivity index (χ1v) is 11.6. The zero-order chi connectivity index (χ0) is 21.9. The van der Waals surface area contributed by atoms with Gasteiger partial charge in [-0.05, 0) is 73.4 Å². The highest BCUT2D eigenvalue weighted by Gasteiger charge is 2.07. The minimum absolute atomic E-state index is 0.105. The lowest BCUT2D eigenvalue weighted by Crippen LogP contribution is -1.92. The molecule has 0 amide bonds. The van der Waals surface area contributed by atoms with Gasteiger partial charge < -0.3 is 0 Å². The Morgan fingerprint density at radius 3 is 2.32 bits per heavy atom. The van der Waals surface area contributed by atoms with Crippen molar-refractivity contribution in [2.24, 2.45) is 0 Å². The molecule has 160 valence electrons. The first-order chi connectivity index (χ1) is 15.2. The number of unbranched alkanes of at least 4 members (excludes halogenated alkanes) is 4. The third kappa shape index (κ3) is 6.83. The van der Waals surface area contributed by atoms with E-state index in [1.54, 1.807) is 0 Å². The number of fused-ring (bicyclic) bond motifs is 1. The second kappa shape index (κ2) is 12.1. The van der Waals surface area contributed by atoms with Crippen molar-refractivity contribution in [1.29, 1.82) is 0 Å². The van der Waals surface area contributed by atoms with Crippen molar-refractivity contribution in [1.82, 2.24) is 0 Å². The van der Waals surface area contributed by atoms with Gasteiger partial charge in [0.2, 0.25) is 0 Å². The maximum Gasteiger partial charge on any atom is 0.134 e. The molecule has 0 nitrogen and oxygen atoms in total. The number of rotatable bonds is 9. The van der Waals surface area contributed by atoms with Crippen molar-refractivity contribution in [3.8, 4) is 11.8 Å². The summed E-state index contributed by atoms with van der Waals surface area (Å²) in [5.41, 5.74) is 4.08. The van der Waals surface area contributed by atoms with Gasteiger partial charge in [-0.15, -0.1) is 0 Å². The van der Waals surface area contributed by atoms with Crippen molar-refractivity contribution in [3.05, 3.63) is 94.8 Å². The SMILES string of the molecule is C/C=C/CCc1ccc2cc(C#Cc3ccc(CCCCCCC)cc3)ccc2c1F. The Morgan fingerprint density at radius 1 is 0.806 bits per heavy atom. The van der Waals surface area contributed by atoms with Crippen LogP contribution >= 0.6 is 0 Å². The number of hydrogen-bond donors (Lipinski definition) is 0. The van der Waals surface area contributed by atoms with Crippen molar-refractivity contribution < 1.29 is 4.39 Å². The van der Waals surface area contributed by atoms with Gasteiger partial charge in [0.05, 0.1) is 0 Å². The van der Waals surface area contributed by atoms with Crippen LogP contribution in [0.5, 0.6) is 0 Å². The lowest BCUT2D eigenvalue weighted by atomic mass is 10.0. The highest BCUT2D eigenvalue weighted by molar-refractivity contribution is 5.85. The molecule has 0 radical (unpaired) electrons. The Balaban J connectivity index is 1.65. The van der Waals surface area contributed by atoms with Gasteiger partial charge in [-0.3, -0.25) is 0 Å². The second-order valence-electron chi connectivity index (χ2n) is 8.19. The van der Waals surface area contributed by atoms with E-state index in [0.717, 1.165) is 41.3 Å². The molecule has 31 heavy (non-hydrogen) atoms. The molecule has 0 atom stereocenters. The summed E-state index contributed by atoms with van der Waals surface area (Å²) in [6, 6.07) is 18.2. The van der Waals surface area contributed by atoms with E-state index < -0.39 is 0 Å². The number of allylic oxidation sites excluding steroid dienone is 2. The first-order valence-electron chi connectivity index (χ1n) is 11.6. The third-order valence-electron chi connectivity index (χ3n) is 5.72. The number of halogens is 1. The van der Waals surface area contributed by atoms with Gasteiger partial charge in [-0.1, -0.05) is 86.9 Å². The fourth-order valence-electron chi connectivity index (χ4n) is 3.85. The van der Waals surface area contributed by atoms with E-state index in [2.05, 4.69) is 49.1 Å². The fraction of sp³-hybridized carbons (Fsp3) is 0.333. The molecule has 3 rings (SSSR count). The van der Waals surface area contributed by atoms with Gasteiger partial charge in [0.25, 0.3) is 0 Å². The molecule has 0 unspecified atom stereocenters. The molecule has 3 aromatic carbocycles. The molecule has 0 aliphatic rings. The quantitative estimate of drug-likeness (QED) is 0.188. The summed E-state index contributed by atoms with van der Waals surface area (Å²) in [7, 11) is 0. The molecule has 3 aromatic rings. The Kier molecular flexibility index (Phi) is 8.92. The van der Waals surface area contributed by atoms with Crippen LogP contribution < -0.4 is 0 Å². The minimum Gasteiger partial charge on any atom is -0.206 e. The molecule has 0 aromatic heterocycles. The van der Waals surface area contributed by atoms with Crippen LogP contribution in [0, 0.1) is 17.7 Å². The average Bonchev–Trinajstić information content (AvgIpc) is 2.80. The molecule has 0 aliphatic carbocycles. The Hall–Kier alpha value is -2.85. The van der Waals surface area contributed by atoms with Gasteiger partial charge in [0.1, 0.15) is 5.82 Å². The Bertz CT molecular complexity index is 1060. The molecule has 0 fully saturated rings. The first kappa shape index (κ1) is 22.8. The normalized spacial score (nSPS) is 11.1. The lowest BCUT2D eigenvalue weighted by molar-refractivity contribution is 0.621. The average molecular weight is 413 g/mol. The van der Waals surface area contributed by atoms with Crippen molar-refractivity contribution >= 4 is 10.8 Å². The largest absolute Gasteiger partial charge is 0.206 e. The van der Waals surface area contributed by atoms with Gasteiger partial charge in [-0.25, -0.2) is 4.39 Å². The monoisotopic (exact) mass is 412 g/mol. The van der Waals surface area contributed by atoms with Crippen LogP contribution in [-0.2, 0) is 12.8 Å². The van der Waals surface area contributed by atoms with E-state index in [9.17, 15) is 4.39 Å². The fourth-order valence-corrected chi connectivity index (χ4v) is 3.85. The summed E-state index contributed by atoms with van der Waals surface area (Å²) in [5.74, 6) is 6.37. The van der Waals surface area contributed by atoms with Crippen molar-refractivity contribution in [2.75, 3.05) is 0 Å². The summed E-state index contributed by atoms with van der Waals surface area (Å²) in [6.07, 6.45) is 13.4. The molecule has 0 saturated heterocycles. The molecule has 1 heteroatoms. The summed E-state index contributed by atoms with van der Waals surface area (Å²) < 4.78 is 14.8. The maximum absolute atomic E-state index is 14.8. The van der Waals surface area contributed by atoms with E-state index in [1.165, 1.54) is 37.7 Å². The maximum atomic E-state index is 14.8. The molecule has 0 spiro atoms. The van der Waals surface area contributed by atoms with Gasteiger partial charge >= 0.3 is 0 Å². The van der Waals surface area contributed by atoms with Gasteiger partial charge in [0, 0.05) is 16.5 Å². The third-order valence-corrected chi connectivity index (χ3v) is 5.72. The summed E-state index contributed by atoms with van der Waals surface area (Å²) in [5, 5.41) is 1.57. The van der Waals surface area contributed by atoms with E-state index >= 15 is 0 Å². The van der Waals surface area contributed by atoms with Crippen molar-refractivity contribution in [3.63, 3.8) is 0 Å². The molecule has 0 saturated carbocycles. The zero-order valence-electron chi connectivity index (χ0n) is 18.9. The van der Waals surface area contributed by atoms with Gasteiger partial charge in [-0.2, -0.15) is 0 Å². The number of aryl methyl sites for hydroxylation is 2. The summed E-state index contributed by atoms with van der Waals surface area (Å²) >= 11 is 0. The predicted molar refractivity (Wildman–Crippen MR) is 132 cm³/mol. The van der Waals surface area contributed by atoms with Crippen LogP contribution in [0.1, 0.15) is 74.6 Å². The summed E-state index contributed by atoms with van der Waals surface area (Å²) in [4.78, 5) is 0. The smallest absolute Gasteiger partial charge is 0.134 e. The number of hydrogen-bond acceptors (Lipinski definition) is 0. The molecule has 0 N–H and O–H groups in total. The standard InChI is InChI=1S/C30H33F/c1-3-5-7-8-10-11-24-13-15-25(16-14-24)17-18-26-19-22-29-28(23-26)21-20-27(30(29)31)12-9-6-4-2/h4,6,13-16,19-23H,3,5,7-12H2,1-2H3/b6-4+. The lowest BCUT2D eigenvalue weighted by Gasteiger charge is -2.06. The molecular weight excluding hydrogens is 379 g/mol. The highest BCUT2D eigenvalue weighted by atomic mass is 19.1. The molecule has 0 heterocycles. The van der Waals surface area contributed by atoms with Crippen LogP contribution in [0.4, 0.5) is 4.39 Å². The van der Waals surface area contributed by atoms with Crippen LogP contribution in [0.3, 0.4) is 0 Å². The van der Waals surface area contributed by atoms with Crippen LogP contribution in [0.25, 0.3) is 10.8 Å². The highest BCUT2D eigenvalue weighted by Crippen LogP contribution is 2.23. The number of benzene rings is 3. The van der Waals surface area contributed by atoms with Crippen molar-refractivity contribution in [2.45, 2.75) is 65.2 Å². The predicted octanol–water partition coefficient (Wildman–Crippen LogP) is 8.40. The second-order valence-corrected chi connectivity index (χ2v) is 8.19. The van der Waals surface area contributed by atoms with Crippen LogP contribution in [-0.4, -0.2) is 0 Å². The van der Waals surface area contributed by atoms with Crippen LogP contribution in [0.2, 0.25) is 0 Å². The van der Waals surface area contributed by atoms with E-state index in [1.807, 2.05) is 43.3 Å². The molecule has 0 bridgehead atoms. The minimum atomic E-state index is -0.105. The van der Waals surface area contributed by atoms with Crippen LogP contribution in [0.15, 0.2) is 66.7 Å².